The predicted octanol–water partition coefficient (Wildman–Crippen LogP) is 6.34. The van der Waals surface area contributed by atoms with Gasteiger partial charge in [-0.2, -0.15) is 0 Å². The molecule has 1 N–H and O–H groups in total. The molecule has 3 aromatic rings. The highest BCUT2D eigenvalue weighted by atomic mass is 35.5. The van der Waals surface area contributed by atoms with E-state index in [9.17, 15) is 4.79 Å². The SMILES string of the molecule is O=C(c1ccccc1)c1ccccc1NSc1ccc(Cl)c(Cl)c1. The van der Waals surface area contributed by atoms with Gasteiger partial charge in [-0.3, -0.25) is 4.79 Å². The van der Waals surface area contributed by atoms with E-state index in [2.05, 4.69) is 4.72 Å². The topological polar surface area (TPSA) is 29.1 Å². The second kappa shape index (κ2) is 7.75. The molecule has 0 spiro atoms. The van der Waals surface area contributed by atoms with Gasteiger partial charge in [-0.05, 0) is 42.3 Å². The summed E-state index contributed by atoms with van der Waals surface area (Å²) in [6, 6.07) is 22.0. The lowest BCUT2D eigenvalue weighted by Gasteiger charge is -2.11. The molecule has 0 amide bonds. The van der Waals surface area contributed by atoms with Crippen LogP contribution in [0.3, 0.4) is 0 Å². The van der Waals surface area contributed by atoms with Crippen LogP contribution >= 0.6 is 35.1 Å². The molecule has 5 heteroatoms. The first-order chi connectivity index (χ1) is 11.6. The van der Waals surface area contributed by atoms with Crippen molar-refractivity contribution in [1.29, 1.82) is 0 Å². The van der Waals surface area contributed by atoms with Gasteiger partial charge in [0.2, 0.25) is 0 Å². The fourth-order valence-corrected chi connectivity index (χ4v) is 3.25. The molecule has 0 aliphatic rings. The zero-order valence-electron chi connectivity index (χ0n) is 12.5. The van der Waals surface area contributed by atoms with Crippen LogP contribution in [0.2, 0.25) is 10.0 Å². The molecule has 0 radical (unpaired) electrons. The van der Waals surface area contributed by atoms with E-state index in [1.54, 1.807) is 12.1 Å². The van der Waals surface area contributed by atoms with Gasteiger partial charge in [0.05, 0.1) is 15.7 Å². The van der Waals surface area contributed by atoms with Crippen molar-refractivity contribution in [1.82, 2.24) is 0 Å². The summed E-state index contributed by atoms with van der Waals surface area (Å²) in [6.07, 6.45) is 0. The molecule has 0 aromatic heterocycles. The van der Waals surface area contributed by atoms with Crippen LogP contribution in [0.25, 0.3) is 0 Å². The van der Waals surface area contributed by atoms with Gasteiger partial charge >= 0.3 is 0 Å². The van der Waals surface area contributed by atoms with Crippen LogP contribution in [-0.4, -0.2) is 5.78 Å². The summed E-state index contributed by atoms with van der Waals surface area (Å²) in [4.78, 5) is 13.6. The van der Waals surface area contributed by atoms with Crippen LogP contribution in [0.1, 0.15) is 15.9 Å². The Labute approximate surface area is 154 Å². The molecule has 0 fully saturated rings. The minimum absolute atomic E-state index is 0.0200. The smallest absolute Gasteiger partial charge is 0.195 e. The molecule has 0 saturated heterocycles. The fraction of sp³-hybridized carbons (Fsp3) is 0. The summed E-state index contributed by atoms with van der Waals surface area (Å²) in [5, 5.41) is 1.01. The summed E-state index contributed by atoms with van der Waals surface area (Å²) in [6.45, 7) is 0. The van der Waals surface area contributed by atoms with Crippen molar-refractivity contribution in [2.24, 2.45) is 0 Å². The lowest BCUT2D eigenvalue weighted by atomic mass is 10.0. The number of ketones is 1. The van der Waals surface area contributed by atoms with Crippen LogP contribution in [0.5, 0.6) is 0 Å². The number of halogens is 2. The zero-order chi connectivity index (χ0) is 16.9. The van der Waals surface area contributed by atoms with E-state index in [1.807, 2.05) is 60.7 Å². The zero-order valence-corrected chi connectivity index (χ0v) is 14.8. The minimum atomic E-state index is -0.0200. The molecule has 0 heterocycles. The van der Waals surface area contributed by atoms with Crippen molar-refractivity contribution >= 4 is 46.6 Å². The number of carbonyl (C=O) groups is 1. The summed E-state index contributed by atoms with van der Waals surface area (Å²) < 4.78 is 3.22. The second-order valence-electron chi connectivity index (χ2n) is 5.02. The van der Waals surface area contributed by atoms with Crippen molar-refractivity contribution in [3.8, 4) is 0 Å². The summed E-state index contributed by atoms with van der Waals surface area (Å²) in [7, 11) is 0. The van der Waals surface area contributed by atoms with Gasteiger partial charge in [0.15, 0.2) is 5.78 Å². The average molecular weight is 374 g/mol. The average Bonchev–Trinajstić information content (AvgIpc) is 2.63. The van der Waals surface area contributed by atoms with E-state index < -0.39 is 0 Å². The molecule has 0 aliphatic heterocycles. The third kappa shape index (κ3) is 3.93. The van der Waals surface area contributed by atoms with Crippen molar-refractivity contribution in [3.05, 3.63) is 94.0 Å². The number of carbonyl (C=O) groups excluding carboxylic acids is 1. The number of rotatable bonds is 5. The quantitative estimate of drug-likeness (QED) is 0.417. The first kappa shape index (κ1) is 16.9. The lowest BCUT2D eigenvalue weighted by Crippen LogP contribution is -2.04. The van der Waals surface area contributed by atoms with E-state index in [1.165, 1.54) is 11.9 Å². The third-order valence-electron chi connectivity index (χ3n) is 3.38. The number of para-hydroxylation sites is 1. The van der Waals surface area contributed by atoms with Gasteiger partial charge in [-0.25, -0.2) is 0 Å². The van der Waals surface area contributed by atoms with E-state index in [0.29, 0.717) is 21.2 Å². The monoisotopic (exact) mass is 373 g/mol. The van der Waals surface area contributed by atoms with Crippen LogP contribution in [0, 0.1) is 0 Å². The number of benzene rings is 3. The fourth-order valence-electron chi connectivity index (χ4n) is 2.17. The van der Waals surface area contributed by atoms with Crippen LogP contribution in [0.4, 0.5) is 5.69 Å². The molecule has 2 nitrogen and oxygen atoms in total. The first-order valence-electron chi connectivity index (χ1n) is 7.22. The van der Waals surface area contributed by atoms with Gasteiger partial charge in [-0.1, -0.05) is 65.7 Å². The molecule has 0 atom stereocenters. The Morgan fingerprint density at radius 2 is 1.54 bits per heavy atom. The highest BCUT2D eigenvalue weighted by Gasteiger charge is 2.13. The molecular formula is C19H13Cl2NOS. The van der Waals surface area contributed by atoms with Crippen molar-refractivity contribution < 1.29 is 4.79 Å². The van der Waals surface area contributed by atoms with E-state index in [4.69, 9.17) is 23.2 Å². The molecule has 0 saturated carbocycles. The van der Waals surface area contributed by atoms with Gasteiger partial charge in [-0.15, -0.1) is 0 Å². The third-order valence-corrected chi connectivity index (χ3v) is 4.93. The van der Waals surface area contributed by atoms with E-state index in [-0.39, 0.29) is 5.78 Å². The maximum Gasteiger partial charge on any atom is 0.195 e. The highest BCUT2D eigenvalue weighted by molar-refractivity contribution is 8.00. The van der Waals surface area contributed by atoms with Crippen molar-refractivity contribution in [3.63, 3.8) is 0 Å². The van der Waals surface area contributed by atoms with Gasteiger partial charge in [0.1, 0.15) is 0 Å². The normalized spacial score (nSPS) is 10.4. The Balaban J connectivity index is 1.82. The van der Waals surface area contributed by atoms with E-state index in [0.717, 1.165) is 10.6 Å². The Bertz CT molecular complexity index is 868. The van der Waals surface area contributed by atoms with Gasteiger partial charge in [0.25, 0.3) is 0 Å². The Morgan fingerprint density at radius 3 is 2.29 bits per heavy atom. The summed E-state index contributed by atoms with van der Waals surface area (Å²) in [5.41, 5.74) is 2.03. The van der Waals surface area contributed by atoms with Crippen molar-refractivity contribution in [2.45, 2.75) is 4.90 Å². The maximum absolute atomic E-state index is 12.7. The molecule has 0 aliphatic carbocycles. The standard InChI is InChI=1S/C19H13Cl2NOS/c20-16-11-10-14(12-17(16)21)24-22-18-9-5-4-8-15(18)19(23)13-6-2-1-3-7-13/h1-12,22H. The van der Waals surface area contributed by atoms with Crippen LogP contribution in [-0.2, 0) is 0 Å². The summed E-state index contributed by atoms with van der Waals surface area (Å²) >= 11 is 13.3. The van der Waals surface area contributed by atoms with E-state index >= 15 is 0 Å². The number of anilines is 1. The molecular weight excluding hydrogens is 361 g/mol. The first-order valence-corrected chi connectivity index (χ1v) is 8.79. The largest absolute Gasteiger partial charge is 0.325 e. The molecule has 120 valence electrons. The van der Waals surface area contributed by atoms with Crippen LogP contribution < -0.4 is 4.72 Å². The molecule has 24 heavy (non-hydrogen) atoms. The Hall–Kier alpha value is -1.94. The Morgan fingerprint density at radius 1 is 0.833 bits per heavy atom. The van der Waals surface area contributed by atoms with Crippen LogP contribution in [0.15, 0.2) is 77.7 Å². The molecule has 0 unspecified atom stereocenters. The molecule has 3 aromatic carbocycles. The number of hydrogen-bond donors (Lipinski definition) is 1. The number of hydrogen-bond acceptors (Lipinski definition) is 3. The molecule has 0 bridgehead atoms. The highest BCUT2D eigenvalue weighted by Crippen LogP contribution is 2.30. The second-order valence-corrected chi connectivity index (χ2v) is 6.71. The minimum Gasteiger partial charge on any atom is -0.325 e. The lowest BCUT2D eigenvalue weighted by molar-refractivity contribution is 0.103. The van der Waals surface area contributed by atoms with Crippen molar-refractivity contribution in [2.75, 3.05) is 4.72 Å². The molecule has 3 rings (SSSR count). The van der Waals surface area contributed by atoms with Gasteiger partial charge in [0, 0.05) is 16.0 Å². The predicted molar refractivity (Wildman–Crippen MR) is 102 cm³/mol. The maximum atomic E-state index is 12.7. The summed E-state index contributed by atoms with van der Waals surface area (Å²) in [5.74, 6) is -0.0200. The number of nitrogens with one attached hydrogen (secondary N) is 1. The Kier molecular flexibility index (Phi) is 5.46. The van der Waals surface area contributed by atoms with Gasteiger partial charge < -0.3 is 4.72 Å².